The van der Waals surface area contributed by atoms with Gasteiger partial charge in [-0.3, -0.25) is 4.90 Å². The van der Waals surface area contributed by atoms with Crippen LogP contribution in [0, 0.1) is 11.6 Å². The maximum absolute atomic E-state index is 14.4. The van der Waals surface area contributed by atoms with Crippen LogP contribution in [-0.2, 0) is 0 Å². The molecule has 7 heteroatoms. The van der Waals surface area contributed by atoms with E-state index >= 15 is 0 Å². The van der Waals surface area contributed by atoms with Gasteiger partial charge >= 0.3 is 6.03 Å². The third kappa shape index (κ3) is 2.97. The molecule has 3 heterocycles. The molecule has 150 valence electrons. The van der Waals surface area contributed by atoms with E-state index in [1.54, 1.807) is 29.2 Å². The molecule has 1 unspecified atom stereocenters. The van der Waals surface area contributed by atoms with E-state index in [4.69, 9.17) is 0 Å². The number of halogens is 2. The molecule has 5 rings (SSSR count). The van der Waals surface area contributed by atoms with Crippen LogP contribution in [0.4, 0.5) is 19.3 Å². The van der Waals surface area contributed by atoms with Crippen LogP contribution in [0.2, 0.25) is 0 Å². The predicted molar refractivity (Wildman–Crippen MR) is 106 cm³/mol. The first-order valence-electron chi connectivity index (χ1n) is 9.82. The quantitative estimate of drug-likeness (QED) is 0.811. The highest BCUT2D eigenvalue weighted by Gasteiger charge is 2.43. The summed E-state index contributed by atoms with van der Waals surface area (Å²) >= 11 is 0. The van der Waals surface area contributed by atoms with Gasteiger partial charge < -0.3 is 15.3 Å². The molecule has 3 aliphatic heterocycles. The van der Waals surface area contributed by atoms with Crippen molar-refractivity contribution in [1.82, 2.24) is 10.2 Å². The van der Waals surface area contributed by atoms with Crippen molar-refractivity contribution in [2.45, 2.75) is 24.9 Å². The number of aromatic hydroxyl groups is 1. The minimum Gasteiger partial charge on any atom is -0.508 e. The van der Waals surface area contributed by atoms with Crippen LogP contribution >= 0.6 is 0 Å². The van der Waals surface area contributed by atoms with Crippen molar-refractivity contribution >= 4 is 17.3 Å². The van der Waals surface area contributed by atoms with Crippen LogP contribution in [0.1, 0.15) is 30.0 Å². The Hall–Kier alpha value is -2.93. The molecule has 1 fully saturated rings. The van der Waals surface area contributed by atoms with Gasteiger partial charge in [-0.2, -0.15) is 0 Å². The van der Waals surface area contributed by atoms with Crippen molar-refractivity contribution in [2.24, 2.45) is 0 Å². The van der Waals surface area contributed by atoms with Gasteiger partial charge in [-0.25, -0.2) is 13.6 Å². The lowest BCUT2D eigenvalue weighted by Gasteiger charge is -2.44. The number of carbonyl (C=O) groups excluding carboxylic acids is 1. The molecular weight excluding hydrogens is 376 g/mol. The Balaban J connectivity index is 1.59. The lowest BCUT2D eigenvalue weighted by atomic mass is 9.96. The first-order valence-corrected chi connectivity index (χ1v) is 9.82. The summed E-state index contributed by atoms with van der Waals surface area (Å²) in [5.74, 6) is -0.925. The zero-order chi connectivity index (χ0) is 20.1. The van der Waals surface area contributed by atoms with E-state index in [-0.39, 0.29) is 29.9 Å². The van der Waals surface area contributed by atoms with Gasteiger partial charge in [0.15, 0.2) is 0 Å². The Labute approximate surface area is 167 Å². The molecule has 3 aliphatic rings. The van der Waals surface area contributed by atoms with E-state index in [0.29, 0.717) is 5.57 Å². The SMILES string of the molecule is O=C1N2CC(c3cc(F)ccc3F)=CC2c2cc(O)ccc2N1C1CCNCC1. The van der Waals surface area contributed by atoms with Gasteiger partial charge in [-0.15, -0.1) is 0 Å². The summed E-state index contributed by atoms with van der Waals surface area (Å²) in [5, 5.41) is 13.4. The Morgan fingerprint density at radius 1 is 1.07 bits per heavy atom. The second kappa shape index (κ2) is 6.84. The molecule has 29 heavy (non-hydrogen) atoms. The van der Waals surface area contributed by atoms with E-state index in [1.807, 2.05) is 4.90 Å². The van der Waals surface area contributed by atoms with E-state index in [2.05, 4.69) is 5.32 Å². The second-order valence-corrected chi connectivity index (χ2v) is 7.77. The fourth-order valence-electron chi connectivity index (χ4n) is 4.64. The molecule has 5 nitrogen and oxygen atoms in total. The van der Waals surface area contributed by atoms with E-state index in [9.17, 15) is 18.7 Å². The molecule has 0 spiro atoms. The van der Waals surface area contributed by atoms with Gasteiger partial charge in [0, 0.05) is 23.7 Å². The molecule has 2 N–H and O–H groups in total. The third-order valence-corrected chi connectivity index (χ3v) is 6.02. The van der Waals surface area contributed by atoms with Gasteiger partial charge in [0.25, 0.3) is 0 Å². The summed E-state index contributed by atoms with van der Waals surface area (Å²) in [6.07, 6.45) is 3.47. The van der Waals surface area contributed by atoms with Crippen LogP contribution < -0.4 is 10.2 Å². The first-order chi connectivity index (χ1) is 14.0. The van der Waals surface area contributed by atoms with Gasteiger partial charge in [-0.05, 0) is 67.9 Å². The van der Waals surface area contributed by atoms with Crippen molar-refractivity contribution in [1.29, 1.82) is 0 Å². The van der Waals surface area contributed by atoms with Crippen molar-refractivity contribution in [3.8, 4) is 5.75 Å². The van der Waals surface area contributed by atoms with Crippen molar-refractivity contribution in [2.75, 3.05) is 24.5 Å². The van der Waals surface area contributed by atoms with Crippen molar-refractivity contribution in [3.63, 3.8) is 0 Å². The number of hydrogen-bond donors (Lipinski definition) is 2. The van der Waals surface area contributed by atoms with E-state index < -0.39 is 17.7 Å². The summed E-state index contributed by atoms with van der Waals surface area (Å²) in [6.45, 7) is 1.87. The second-order valence-electron chi connectivity index (χ2n) is 7.77. The smallest absolute Gasteiger partial charge is 0.325 e. The molecule has 1 atom stereocenters. The lowest BCUT2D eigenvalue weighted by molar-refractivity contribution is 0.195. The molecule has 0 aliphatic carbocycles. The van der Waals surface area contributed by atoms with Crippen LogP contribution in [0.25, 0.3) is 5.57 Å². The average molecular weight is 397 g/mol. The Morgan fingerprint density at radius 2 is 1.86 bits per heavy atom. The van der Waals surface area contributed by atoms with Crippen LogP contribution in [-0.4, -0.2) is 41.7 Å². The Bertz CT molecular complexity index is 1020. The number of anilines is 1. The third-order valence-electron chi connectivity index (χ3n) is 6.02. The van der Waals surface area contributed by atoms with Crippen LogP contribution in [0.5, 0.6) is 5.75 Å². The summed E-state index contributed by atoms with van der Waals surface area (Å²) in [6, 6.07) is 7.88. The largest absolute Gasteiger partial charge is 0.508 e. The summed E-state index contributed by atoms with van der Waals surface area (Å²) in [5.41, 5.74) is 2.32. The molecular formula is C22H21F2N3O2. The number of carbonyl (C=O) groups is 1. The Morgan fingerprint density at radius 3 is 2.66 bits per heavy atom. The minimum absolute atomic E-state index is 0.0583. The van der Waals surface area contributed by atoms with Gasteiger partial charge in [0.05, 0.1) is 11.7 Å². The molecule has 0 saturated carbocycles. The summed E-state index contributed by atoms with van der Waals surface area (Å²) in [7, 11) is 0. The number of urea groups is 1. The molecule has 1 saturated heterocycles. The normalized spacial score (nSPS) is 21.8. The van der Waals surface area contributed by atoms with Crippen LogP contribution in [0.15, 0.2) is 42.5 Å². The zero-order valence-corrected chi connectivity index (χ0v) is 15.7. The number of amides is 2. The average Bonchev–Trinajstić information content (AvgIpc) is 3.17. The van der Waals surface area contributed by atoms with Gasteiger partial charge in [0.2, 0.25) is 0 Å². The van der Waals surface area contributed by atoms with E-state index in [0.717, 1.165) is 55.4 Å². The minimum atomic E-state index is -0.520. The Kier molecular flexibility index (Phi) is 4.28. The summed E-state index contributed by atoms with van der Waals surface area (Å²) in [4.78, 5) is 16.9. The molecule has 2 aromatic carbocycles. The highest BCUT2D eigenvalue weighted by atomic mass is 19.1. The standard InChI is InChI=1S/C22H21F2N3O2/c23-14-1-3-19(24)17(10-14)13-9-21-18-11-16(28)2-4-20(18)27(22(29)26(21)12-13)15-5-7-25-8-6-15/h1-4,9-11,15,21,25,28H,5-8,12H2. The van der Waals surface area contributed by atoms with Gasteiger partial charge in [-0.1, -0.05) is 6.08 Å². The number of hydrogen-bond acceptors (Lipinski definition) is 3. The zero-order valence-electron chi connectivity index (χ0n) is 15.7. The molecule has 0 aromatic heterocycles. The number of phenolic OH excluding ortho intramolecular Hbond substituents is 1. The number of rotatable bonds is 2. The number of nitrogens with zero attached hydrogens (tertiary/aromatic N) is 2. The predicted octanol–water partition coefficient (Wildman–Crippen LogP) is 3.80. The monoisotopic (exact) mass is 397 g/mol. The number of nitrogens with one attached hydrogen (secondary N) is 1. The van der Waals surface area contributed by atoms with Crippen molar-refractivity contribution in [3.05, 3.63) is 65.2 Å². The fourth-order valence-corrected chi connectivity index (χ4v) is 4.64. The lowest BCUT2D eigenvalue weighted by Crippen LogP contribution is -2.54. The first kappa shape index (κ1) is 18.1. The highest BCUT2D eigenvalue weighted by Crippen LogP contribution is 2.46. The number of phenols is 1. The molecule has 0 radical (unpaired) electrons. The fraction of sp³-hybridized carbons (Fsp3) is 0.318. The maximum atomic E-state index is 14.4. The maximum Gasteiger partial charge on any atom is 0.325 e. The topological polar surface area (TPSA) is 55.8 Å². The number of fused-ring (bicyclic) bond motifs is 3. The number of piperidine rings is 1. The molecule has 0 bridgehead atoms. The molecule has 2 amide bonds. The number of benzene rings is 2. The summed E-state index contributed by atoms with van der Waals surface area (Å²) < 4.78 is 28.1. The van der Waals surface area contributed by atoms with Crippen molar-refractivity contribution < 1.29 is 18.7 Å². The molecule has 2 aromatic rings. The van der Waals surface area contributed by atoms with Gasteiger partial charge in [0.1, 0.15) is 17.4 Å². The van der Waals surface area contributed by atoms with E-state index in [1.165, 1.54) is 0 Å². The van der Waals surface area contributed by atoms with Crippen LogP contribution in [0.3, 0.4) is 0 Å². The highest BCUT2D eigenvalue weighted by molar-refractivity contribution is 5.99.